The molecular weight excluding hydrogens is 250 g/mol. The summed E-state index contributed by atoms with van der Waals surface area (Å²) in [5.41, 5.74) is 0. The molecule has 1 amide bonds. The molecule has 18 heavy (non-hydrogen) atoms. The Morgan fingerprint density at radius 2 is 2.17 bits per heavy atom. The Balaban J connectivity index is 1.87. The molecule has 2 N–H and O–H groups in total. The Morgan fingerprint density at radius 1 is 1.44 bits per heavy atom. The highest BCUT2D eigenvalue weighted by molar-refractivity contribution is 7.10. The third-order valence-corrected chi connectivity index (χ3v) is 4.54. The van der Waals surface area contributed by atoms with Gasteiger partial charge in [-0.1, -0.05) is 6.07 Å². The number of hydrogen-bond acceptors (Lipinski definition) is 3. The number of carboxylic acids is 1. The van der Waals surface area contributed by atoms with Crippen molar-refractivity contribution in [3.05, 3.63) is 22.4 Å². The van der Waals surface area contributed by atoms with Crippen LogP contribution in [0.5, 0.6) is 0 Å². The quantitative estimate of drug-likeness (QED) is 0.880. The molecular formula is C13H17NO3S. The molecule has 0 spiro atoms. The standard InChI is InChI=1S/C13H17NO3S/c1-8(11-3-2-6-18-11)14-12(15)9-4-5-10(7-9)13(16)17/h2-3,6,8-10H,4-5,7H2,1H3,(H,14,15)(H,16,17)/t8-,9+,10-/m0/s1. The topological polar surface area (TPSA) is 66.4 Å². The molecule has 0 bridgehead atoms. The Labute approximate surface area is 110 Å². The summed E-state index contributed by atoms with van der Waals surface area (Å²) in [5, 5.41) is 13.9. The van der Waals surface area contributed by atoms with Gasteiger partial charge in [-0.15, -0.1) is 11.3 Å². The number of amides is 1. The molecule has 1 aliphatic rings. The van der Waals surface area contributed by atoms with E-state index in [4.69, 9.17) is 5.11 Å². The molecule has 1 aromatic rings. The molecule has 2 rings (SSSR count). The number of nitrogens with one attached hydrogen (secondary N) is 1. The predicted octanol–water partition coefficient (Wildman–Crippen LogP) is 2.43. The molecule has 1 aliphatic carbocycles. The van der Waals surface area contributed by atoms with Crippen LogP contribution in [0.25, 0.3) is 0 Å². The van der Waals surface area contributed by atoms with E-state index in [0.717, 1.165) is 4.88 Å². The molecule has 0 unspecified atom stereocenters. The summed E-state index contributed by atoms with van der Waals surface area (Å²) < 4.78 is 0. The number of carbonyl (C=O) groups excluding carboxylic acids is 1. The summed E-state index contributed by atoms with van der Waals surface area (Å²) >= 11 is 1.61. The third kappa shape index (κ3) is 2.90. The summed E-state index contributed by atoms with van der Waals surface area (Å²) in [6.45, 7) is 1.95. The van der Waals surface area contributed by atoms with E-state index < -0.39 is 5.97 Å². The van der Waals surface area contributed by atoms with Crippen LogP contribution in [0.4, 0.5) is 0 Å². The van der Waals surface area contributed by atoms with Crippen molar-refractivity contribution in [2.45, 2.75) is 32.2 Å². The first kappa shape index (κ1) is 13.1. The zero-order valence-electron chi connectivity index (χ0n) is 10.3. The molecule has 98 valence electrons. The largest absolute Gasteiger partial charge is 0.481 e. The van der Waals surface area contributed by atoms with Crippen LogP contribution >= 0.6 is 11.3 Å². The highest BCUT2D eigenvalue weighted by atomic mass is 32.1. The van der Waals surface area contributed by atoms with Crippen molar-refractivity contribution in [2.24, 2.45) is 11.8 Å². The molecule has 1 fully saturated rings. The Hall–Kier alpha value is -1.36. The van der Waals surface area contributed by atoms with Crippen molar-refractivity contribution in [2.75, 3.05) is 0 Å². The van der Waals surface area contributed by atoms with Gasteiger partial charge in [-0.3, -0.25) is 9.59 Å². The van der Waals surface area contributed by atoms with E-state index in [-0.39, 0.29) is 23.8 Å². The van der Waals surface area contributed by atoms with Gasteiger partial charge in [-0.05, 0) is 37.6 Å². The van der Waals surface area contributed by atoms with Crippen LogP contribution in [-0.2, 0) is 9.59 Å². The molecule has 5 heteroatoms. The fraction of sp³-hybridized carbons (Fsp3) is 0.538. The summed E-state index contributed by atoms with van der Waals surface area (Å²) in [5.74, 6) is -1.29. The normalized spacial score (nSPS) is 24.7. The van der Waals surface area contributed by atoms with Crippen LogP contribution in [0.2, 0.25) is 0 Å². The van der Waals surface area contributed by atoms with Gasteiger partial charge in [0, 0.05) is 10.8 Å². The Kier molecular flexibility index (Phi) is 4.01. The van der Waals surface area contributed by atoms with Crippen LogP contribution in [0.3, 0.4) is 0 Å². The van der Waals surface area contributed by atoms with Crippen molar-refractivity contribution in [1.82, 2.24) is 5.32 Å². The van der Waals surface area contributed by atoms with Gasteiger partial charge in [-0.2, -0.15) is 0 Å². The fourth-order valence-electron chi connectivity index (χ4n) is 2.38. The number of rotatable bonds is 4. The maximum absolute atomic E-state index is 12.0. The second kappa shape index (κ2) is 5.52. The summed E-state index contributed by atoms with van der Waals surface area (Å²) in [7, 11) is 0. The lowest BCUT2D eigenvalue weighted by Gasteiger charge is -2.15. The van der Waals surface area contributed by atoms with Crippen molar-refractivity contribution in [1.29, 1.82) is 0 Å². The van der Waals surface area contributed by atoms with E-state index >= 15 is 0 Å². The van der Waals surface area contributed by atoms with Crippen LogP contribution < -0.4 is 5.32 Å². The van der Waals surface area contributed by atoms with Gasteiger partial charge in [0.25, 0.3) is 0 Å². The number of carbonyl (C=O) groups is 2. The van der Waals surface area contributed by atoms with Gasteiger partial charge in [-0.25, -0.2) is 0 Å². The zero-order chi connectivity index (χ0) is 13.1. The highest BCUT2D eigenvalue weighted by Crippen LogP contribution is 2.31. The van der Waals surface area contributed by atoms with Crippen molar-refractivity contribution >= 4 is 23.2 Å². The number of hydrogen-bond donors (Lipinski definition) is 2. The van der Waals surface area contributed by atoms with Crippen LogP contribution in [0.15, 0.2) is 17.5 Å². The smallest absolute Gasteiger partial charge is 0.306 e. The van der Waals surface area contributed by atoms with Crippen molar-refractivity contribution in [3.63, 3.8) is 0 Å². The minimum atomic E-state index is -0.781. The molecule has 3 atom stereocenters. The van der Waals surface area contributed by atoms with Gasteiger partial charge in [0.2, 0.25) is 5.91 Å². The lowest BCUT2D eigenvalue weighted by Crippen LogP contribution is -2.31. The minimum absolute atomic E-state index is 0.00128. The molecule has 1 saturated carbocycles. The highest BCUT2D eigenvalue weighted by Gasteiger charge is 2.34. The SMILES string of the molecule is C[C@H](NC(=O)[C@@H]1CC[C@H](C(=O)O)C1)c1cccs1. The van der Waals surface area contributed by atoms with Crippen LogP contribution in [0.1, 0.15) is 37.1 Å². The molecule has 1 aromatic heterocycles. The molecule has 1 heterocycles. The maximum Gasteiger partial charge on any atom is 0.306 e. The lowest BCUT2D eigenvalue weighted by atomic mass is 10.0. The van der Waals surface area contributed by atoms with E-state index in [0.29, 0.717) is 19.3 Å². The molecule has 0 saturated heterocycles. The second-order valence-corrected chi connectivity index (χ2v) is 5.77. The van der Waals surface area contributed by atoms with E-state index in [1.807, 2.05) is 24.4 Å². The van der Waals surface area contributed by atoms with Gasteiger partial charge in [0.15, 0.2) is 0 Å². The minimum Gasteiger partial charge on any atom is -0.481 e. The van der Waals surface area contributed by atoms with Gasteiger partial charge in [0.1, 0.15) is 0 Å². The van der Waals surface area contributed by atoms with Gasteiger partial charge in [0.05, 0.1) is 12.0 Å². The summed E-state index contributed by atoms with van der Waals surface area (Å²) in [6.07, 6.45) is 1.76. The summed E-state index contributed by atoms with van der Waals surface area (Å²) in [6, 6.07) is 3.95. The first-order chi connectivity index (χ1) is 8.58. The first-order valence-corrected chi connectivity index (χ1v) is 7.02. The molecule has 0 aliphatic heterocycles. The van der Waals surface area contributed by atoms with E-state index in [1.54, 1.807) is 11.3 Å². The van der Waals surface area contributed by atoms with E-state index in [1.165, 1.54) is 0 Å². The lowest BCUT2D eigenvalue weighted by molar-refractivity contribution is -0.141. The maximum atomic E-state index is 12.0. The average Bonchev–Trinajstić information content (AvgIpc) is 3.00. The number of thiophene rings is 1. The Bertz CT molecular complexity index is 429. The summed E-state index contributed by atoms with van der Waals surface area (Å²) in [4.78, 5) is 24.0. The first-order valence-electron chi connectivity index (χ1n) is 6.14. The van der Waals surface area contributed by atoms with Crippen molar-refractivity contribution in [3.8, 4) is 0 Å². The van der Waals surface area contributed by atoms with Gasteiger partial charge >= 0.3 is 5.97 Å². The average molecular weight is 267 g/mol. The Morgan fingerprint density at radius 3 is 2.72 bits per heavy atom. The fourth-order valence-corrected chi connectivity index (χ4v) is 3.12. The van der Waals surface area contributed by atoms with E-state index in [9.17, 15) is 9.59 Å². The zero-order valence-corrected chi connectivity index (χ0v) is 11.1. The van der Waals surface area contributed by atoms with Crippen molar-refractivity contribution < 1.29 is 14.7 Å². The molecule has 0 radical (unpaired) electrons. The molecule has 0 aromatic carbocycles. The van der Waals surface area contributed by atoms with Crippen LogP contribution in [-0.4, -0.2) is 17.0 Å². The number of carboxylic acid groups (broad SMARTS) is 1. The second-order valence-electron chi connectivity index (χ2n) is 4.79. The van der Waals surface area contributed by atoms with Gasteiger partial charge < -0.3 is 10.4 Å². The molecule has 4 nitrogen and oxygen atoms in total. The van der Waals surface area contributed by atoms with E-state index in [2.05, 4.69) is 5.32 Å². The van der Waals surface area contributed by atoms with Crippen LogP contribution in [0, 0.1) is 11.8 Å². The third-order valence-electron chi connectivity index (χ3n) is 3.48. The number of aliphatic carboxylic acids is 1. The predicted molar refractivity (Wildman–Crippen MR) is 69.3 cm³/mol. The monoisotopic (exact) mass is 267 g/mol.